The summed E-state index contributed by atoms with van der Waals surface area (Å²) >= 11 is 0. The van der Waals surface area contributed by atoms with E-state index >= 15 is 0 Å². The standard InChI is InChI=1S/C13H16N4O/c1-8-5-4-6-9(7-8)10-11(14)15-13(17(2)3)16-12(10)18/h4-7H,1-3H3,(H3,14,15,16,18). The molecular formula is C13H16N4O. The normalized spacial score (nSPS) is 10.4. The number of aryl methyl sites for hydroxylation is 1. The van der Waals surface area contributed by atoms with Crippen LogP contribution in [0.3, 0.4) is 0 Å². The van der Waals surface area contributed by atoms with Crippen LogP contribution in [0, 0.1) is 6.92 Å². The molecule has 3 N–H and O–H groups in total. The minimum absolute atomic E-state index is 0.225. The van der Waals surface area contributed by atoms with Crippen molar-refractivity contribution in [3.8, 4) is 11.1 Å². The molecule has 0 saturated carbocycles. The van der Waals surface area contributed by atoms with Gasteiger partial charge in [-0.2, -0.15) is 4.98 Å². The van der Waals surface area contributed by atoms with E-state index in [0.717, 1.165) is 11.1 Å². The van der Waals surface area contributed by atoms with E-state index in [0.29, 0.717) is 11.5 Å². The van der Waals surface area contributed by atoms with Gasteiger partial charge < -0.3 is 10.6 Å². The topological polar surface area (TPSA) is 75.0 Å². The Labute approximate surface area is 105 Å². The first-order valence-electron chi connectivity index (χ1n) is 5.63. The van der Waals surface area contributed by atoms with Gasteiger partial charge in [0, 0.05) is 14.1 Å². The molecule has 0 fully saturated rings. The van der Waals surface area contributed by atoms with E-state index < -0.39 is 0 Å². The van der Waals surface area contributed by atoms with Crippen LogP contribution in [0.2, 0.25) is 0 Å². The molecule has 18 heavy (non-hydrogen) atoms. The van der Waals surface area contributed by atoms with Crippen molar-refractivity contribution in [2.75, 3.05) is 24.7 Å². The number of hydrogen-bond acceptors (Lipinski definition) is 4. The predicted octanol–water partition coefficient (Wildman–Crippen LogP) is 1.39. The summed E-state index contributed by atoms with van der Waals surface area (Å²) in [5.74, 6) is 0.696. The zero-order valence-electron chi connectivity index (χ0n) is 10.7. The number of aromatic amines is 1. The Morgan fingerprint density at radius 3 is 2.61 bits per heavy atom. The number of benzene rings is 1. The molecular weight excluding hydrogens is 228 g/mol. The average Bonchev–Trinajstić information content (AvgIpc) is 2.27. The highest BCUT2D eigenvalue weighted by molar-refractivity contribution is 5.73. The van der Waals surface area contributed by atoms with E-state index in [2.05, 4.69) is 9.97 Å². The van der Waals surface area contributed by atoms with Crippen molar-refractivity contribution in [1.82, 2.24) is 9.97 Å². The molecule has 5 heteroatoms. The van der Waals surface area contributed by atoms with Gasteiger partial charge in [0.05, 0.1) is 5.56 Å². The summed E-state index contributed by atoms with van der Waals surface area (Å²) in [6.07, 6.45) is 0. The third-order valence-electron chi connectivity index (χ3n) is 2.67. The number of nitrogens with one attached hydrogen (secondary N) is 1. The summed E-state index contributed by atoms with van der Waals surface area (Å²) in [5, 5.41) is 0. The van der Waals surface area contributed by atoms with Gasteiger partial charge in [0.25, 0.3) is 5.56 Å². The third kappa shape index (κ3) is 2.20. The Morgan fingerprint density at radius 1 is 1.33 bits per heavy atom. The summed E-state index contributed by atoms with van der Waals surface area (Å²) in [4.78, 5) is 20.7. The van der Waals surface area contributed by atoms with Crippen LogP contribution in [0.4, 0.5) is 11.8 Å². The molecule has 5 nitrogen and oxygen atoms in total. The quantitative estimate of drug-likeness (QED) is 0.837. The van der Waals surface area contributed by atoms with Gasteiger partial charge >= 0.3 is 0 Å². The Hall–Kier alpha value is -2.30. The first-order chi connectivity index (χ1) is 8.49. The summed E-state index contributed by atoms with van der Waals surface area (Å²) in [6, 6.07) is 7.63. The molecule has 1 heterocycles. The zero-order valence-corrected chi connectivity index (χ0v) is 10.7. The number of nitrogens with two attached hydrogens (primary N) is 1. The first kappa shape index (κ1) is 12.2. The molecule has 0 amide bonds. The average molecular weight is 244 g/mol. The fourth-order valence-electron chi connectivity index (χ4n) is 1.77. The number of nitrogen functional groups attached to an aromatic ring is 1. The molecule has 0 spiro atoms. The van der Waals surface area contributed by atoms with Gasteiger partial charge in [0.1, 0.15) is 5.82 Å². The van der Waals surface area contributed by atoms with Crippen molar-refractivity contribution in [2.45, 2.75) is 6.92 Å². The predicted molar refractivity (Wildman–Crippen MR) is 73.8 cm³/mol. The second-order valence-electron chi connectivity index (χ2n) is 4.41. The van der Waals surface area contributed by atoms with Crippen molar-refractivity contribution in [2.24, 2.45) is 0 Å². The van der Waals surface area contributed by atoms with E-state index in [4.69, 9.17) is 5.73 Å². The number of aromatic nitrogens is 2. The van der Waals surface area contributed by atoms with E-state index in [1.807, 2.05) is 31.2 Å². The highest BCUT2D eigenvalue weighted by Gasteiger charge is 2.12. The van der Waals surface area contributed by atoms with Gasteiger partial charge in [0.2, 0.25) is 5.95 Å². The molecule has 0 bridgehead atoms. The van der Waals surface area contributed by atoms with Crippen LogP contribution < -0.4 is 16.2 Å². The summed E-state index contributed by atoms with van der Waals surface area (Å²) < 4.78 is 0. The zero-order chi connectivity index (χ0) is 13.3. The van der Waals surface area contributed by atoms with Crippen molar-refractivity contribution in [1.29, 1.82) is 0 Å². The van der Waals surface area contributed by atoms with Crippen LogP contribution in [0.1, 0.15) is 5.56 Å². The highest BCUT2D eigenvalue weighted by atomic mass is 16.1. The maximum atomic E-state index is 12.1. The second-order valence-corrected chi connectivity index (χ2v) is 4.41. The molecule has 0 atom stereocenters. The van der Waals surface area contributed by atoms with Crippen LogP contribution in [0.5, 0.6) is 0 Å². The summed E-state index contributed by atoms with van der Waals surface area (Å²) in [5.41, 5.74) is 7.94. The highest BCUT2D eigenvalue weighted by Crippen LogP contribution is 2.22. The van der Waals surface area contributed by atoms with Crippen molar-refractivity contribution < 1.29 is 0 Å². The minimum Gasteiger partial charge on any atom is -0.383 e. The number of H-pyrrole nitrogens is 1. The largest absolute Gasteiger partial charge is 0.383 e. The Kier molecular flexibility index (Phi) is 3.06. The Bertz CT molecular complexity index is 631. The summed E-state index contributed by atoms with van der Waals surface area (Å²) in [7, 11) is 3.59. The molecule has 0 aliphatic rings. The number of rotatable bonds is 2. The lowest BCUT2D eigenvalue weighted by Crippen LogP contribution is -2.21. The molecule has 2 aromatic rings. The fourth-order valence-corrected chi connectivity index (χ4v) is 1.77. The number of nitrogens with zero attached hydrogens (tertiary/aromatic N) is 2. The lowest BCUT2D eigenvalue weighted by Gasteiger charge is -2.13. The second kappa shape index (κ2) is 4.52. The molecule has 0 unspecified atom stereocenters. The number of hydrogen-bond donors (Lipinski definition) is 2. The van der Waals surface area contributed by atoms with Crippen LogP contribution in [0.15, 0.2) is 29.1 Å². The molecule has 0 aliphatic heterocycles. The van der Waals surface area contributed by atoms with Gasteiger partial charge in [-0.3, -0.25) is 9.78 Å². The fraction of sp³-hybridized carbons (Fsp3) is 0.231. The molecule has 0 radical (unpaired) electrons. The number of anilines is 2. The maximum Gasteiger partial charge on any atom is 0.262 e. The van der Waals surface area contributed by atoms with Gasteiger partial charge in [-0.05, 0) is 12.5 Å². The molecule has 0 aliphatic carbocycles. The SMILES string of the molecule is Cc1cccc(-c2c(N)nc(N(C)C)[nH]c2=O)c1. The van der Waals surface area contributed by atoms with Gasteiger partial charge in [-0.1, -0.05) is 29.8 Å². The van der Waals surface area contributed by atoms with Gasteiger partial charge in [-0.25, -0.2) is 0 Å². The Balaban J connectivity index is 2.63. The molecule has 2 rings (SSSR count). The molecule has 94 valence electrons. The Morgan fingerprint density at radius 2 is 2.06 bits per heavy atom. The minimum atomic E-state index is -0.225. The maximum absolute atomic E-state index is 12.1. The van der Waals surface area contributed by atoms with Crippen molar-refractivity contribution in [3.05, 3.63) is 40.2 Å². The smallest absolute Gasteiger partial charge is 0.262 e. The van der Waals surface area contributed by atoms with Crippen LogP contribution >= 0.6 is 0 Å². The molecule has 1 aromatic heterocycles. The van der Waals surface area contributed by atoms with Crippen molar-refractivity contribution >= 4 is 11.8 Å². The van der Waals surface area contributed by atoms with Gasteiger partial charge in [0.15, 0.2) is 0 Å². The van der Waals surface area contributed by atoms with Crippen LogP contribution in [-0.2, 0) is 0 Å². The van der Waals surface area contributed by atoms with E-state index in [-0.39, 0.29) is 11.4 Å². The third-order valence-corrected chi connectivity index (χ3v) is 2.67. The van der Waals surface area contributed by atoms with Crippen LogP contribution in [0.25, 0.3) is 11.1 Å². The van der Waals surface area contributed by atoms with Crippen molar-refractivity contribution in [3.63, 3.8) is 0 Å². The van der Waals surface area contributed by atoms with Gasteiger partial charge in [-0.15, -0.1) is 0 Å². The lowest BCUT2D eigenvalue weighted by molar-refractivity contribution is 0.987. The monoisotopic (exact) mass is 244 g/mol. The van der Waals surface area contributed by atoms with E-state index in [9.17, 15) is 4.79 Å². The molecule has 1 aromatic carbocycles. The van der Waals surface area contributed by atoms with E-state index in [1.165, 1.54) is 0 Å². The van der Waals surface area contributed by atoms with Crippen LogP contribution in [-0.4, -0.2) is 24.1 Å². The molecule has 0 saturated heterocycles. The van der Waals surface area contributed by atoms with E-state index in [1.54, 1.807) is 19.0 Å². The lowest BCUT2D eigenvalue weighted by atomic mass is 10.1. The first-order valence-corrected chi connectivity index (χ1v) is 5.63. The summed E-state index contributed by atoms with van der Waals surface area (Å²) in [6.45, 7) is 1.97.